The lowest BCUT2D eigenvalue weighted by Gasteiger charge is -2.21. The van der Waals surface area contributed by atoms with E-state index in [4.69, 9.17) is 37.0 Å². The zero-order valence-corrected chi connectivity index (χ0v) is 53.7. The molecule has 81 heavy (non-hydrogen) atoms. The predicted molar refractivity (Wildman–Crippen MR) is 322 cm³/mol. The third-order valence-electron chi connectivity index (χ3n) is 14.3. The third kappa shape index (κ3) is 56.9. The molecule has 3 N–H and O–H groups in total. The zero-order chi connectivity index (χ0) is 59.9. The van der Waals surface area contributed by atoms with Crippen molar-refractivity contribution in [3.63, 3.8) is 0 Å². The number of phosphoric acid groups is 2. The molecule has 0 bridgehead atoms. The van der Waals surface area contributed by atoms with E-state index in [-0.39, 0.29) is 25.7 Å². The van der Waals surface area contributed by atoms with Crippen molar-refractivity contribution in [3.8, 4) is 0 Å². The highest BCUT2D eigenvalue weighted by Gasteiger charge is 2.30. The van der Waals surface area contributed by atoms with Crippen LogP contribution in [0.3, 0.4) is 0 Å². The van der Waals surface area contributed by atoms with Gasteiger partial charge < -0.3 is 33.8 Å². The summed E-state index contributed by atoms with van der Waals surface area (Å²) in [6.45, 7) is 7.08. The molecule has 0 fully saturated rings. The Hall–Kier alpha value is -1.94. The number of aliphatic hydroxyl groups is 1. The molecule has 0 saturated heterocycles. The van der Waals surface area contributed by atoms with Gasteiger partial charge in [0, 0.05) is 25.7 Å². The molecule has 5 atom stereocenters. The van der Waals surface area contributed by atoms with Crippen LogP contribution in [0.25, 0.3) is 0 Å². The van der Waals surface area contributed by atoms with Gasteiger partial charge in [-0.3, -0.25) is 37.3 Å². The lowest BCUT2D eigenvalue weighted by atomic mass is 10.0. The first kappa shape index (κ1) is 79.1. The molecule has 2 unspecified atom stereocenters. The van der Waals surface area contributed by atoms with Crippen LogP contribution in [-0.2, 0) is 65.4 Å². The van der Waals surface area contributed by atoms with Gasteiger partial charge in [0.2, 0.25) is 0 Å². The van der Waals surface area contributed by atoms with E-state index in [1.165, 1.54) is 116 Å². The molecule has 0 rings (SSSR count). The average molecular weight is 1200 g/mol. The molecule has 0 heterocycles. The molecule has 0 aromatic carbocycles. The maximum Gasteiger partial charge on any atom is 0.472 e. The molecule has 0 spiro atoms. The second kappa shape index (κ2) is 55.9. The van der Waals surface area contributed by atoms with E-state index in [1.807, 2.05) is 0 Å². The Kier molecular flexibility index (Phi) is 54.6. The quantitative estimate of drug-likeness (QED) is 0.0222. The van der Waals surface area contributed by atoms with Crippen molar-refractivity contribution >= 4 is 39.5 Å². The molecule has 19 heteroatoms. The minimum atomic E-state index is -4.94. The molecule has 0 amide bonds. The molecule has 0 radical (unpaired) electrons. The van der Waals surface area contributed by atoms with Gasteiger partial charge in [0.25, 0.3) is 0 Å². The first-order valence-corrected chi connectivity index (χ1v) is 35.6. The monoisotopic (exact) mass is 1200 g/mol. The Morgan fingerprint density at radius 1 is 0.333 bits per heavy atom. The number of unbranched alkanes of at least 4 members (excludes halogenated alkanes) is 34. The van der Waals surface area contributed by atoms with Crippen molar-refractivity contribution in [2.75, 3.05) is 39.6 Å². The highest BCUT2D eigenvalue weighted by Crippen LogP contribution is 2.45. The van der Waals surface area contributed by atoms with Gasteiger partial charge in [-0.1, -0.05) is 259 Å². The van der Waals surface area contributed by atoms with Gasteiger partial charge in [0.05, 0.1) is 26.4 Å². The number of rotatable bonds is 62. The van der Waals surface area contributed by atoms with Crippen LogP contribution in [0.2, 0.25) is 0 Å². The second-order valence-electron chi connectivity index (χ2n) is 22.9. The van der Waals surface area contributed by atoms with Crippen LogP contribution in [0.4, 0.5) is 0 Å². The first-order chi connectivity index (χ1) is 39.0. The van der Waals surface area contributed by atoms with E-state index in [2.05, 4.69) is 34.6 Å². The Balaban J connectivity index is 5.19. The average Bonchev–Trinajstić information content (AvgIpc) is 3.43. The number of hydrogen-bond donors (Lipinski definition) is 3. The van der Waals surface area contributed by atoms with Gasteiger partial charge in [-0.05, 0) is 31.6 Å². The summed E-state index contributed by atoms with van der Waals surface area (Å²) < 4.78 is 67.8. The fraction of sp³-hybridized carbons (Fsp3) is 0.935. The number of ether oxygens (including phenoxy) is 4. The van der Waals surface area contributed by atoms with Gasteiger partial charge in [0.1, 0.15) is 19.3 Å². The third-order valence-corrected chi connectivity index (χ3v) is 16.2. The maximum atomic E-state index is 13.0. The van der Waals surface area contributed by atoms with Crippen molar-refractivity contribution in [2.24, 2.45) is 5.92 Å². The van der Waals surface area contributed by atoms with Crippen molar-refractivity contribution < 1.29 is 80.2 Å². The van der Waals surface area contributed by atoms with Crippen molar-refractivity contribution in [1.29, 1.82) is 0 Å². The number of esters is 4. The summed E-state index contributed by atoms with van der Waals surface area (Å²) in [5, 5.41) is 10.5. The normalized spacial score (nSPS) is 14.3. The molecule has 480 valence electrons. The smallest absolute Gasteiger partial charge is 0.462 e. The Bertz CT molecular complexity index is 1580. The van der Waals surface area contributed by atoms with Crippen LogP contribution < -0.4 is 0 Å². The molecule has 0 aromatic rings. The van der Waals surface area contributed by atoms with E-state index in [0.29, 0.717) is 25.7 Å². The van der Waals surface area contributed by atoms with Gasteiger partial charge >= 0.3 is 39.5 Å². The number of carbonyl (C=O) groups excluding carboxylic acids is 4. The van der Waals surface area contributed by atoms with Crippen LogP contribution in [-0.4, -0.2) is 96.7 Å². The van der Waals surface area contributed by atoms with Crippen LogP contribution in [0.1, 0.15) is 311 Å². The van der Waals surface area contributed by atoms with Gasteiger partial charge in [-0.25, -0.2) is 9.13 Å². The van der Waals surface area contributed by atoms with Crippen LogP contribution in [0.5, 0.6) is 0 Å². The van der Waals surface area contributed by atoms with E-state index in [9.17, 15) is 43.2 Å². The standard InChI is InChI=1S/C62H120O17P2/c1-6-9-12-15-18-20-21-22-23-24-25-26-33-38-43-48-62(67)79-58(52-73-60(65)46-41-36-32-28-27-30-34-39-44-55(4)5)54-77-81(70,71)75-50-56(63)49-74-80(68,69)76-53-57(51-72-59(64)45-40-35-29-17-14-11-8-3)78-61(66)47-42-37-31-19-16-13-10-7-2/h55-58,63H,6-54H2,1-5H3,(H,68,69)(H,70,71)/t56-,57+,58+/m0/s1. The molecule has 0 aliphatic carbocycles. The fourth-order valence-electron chi connectivity index (χ4n) is 9.23. The fourth-order valence-corrected chi connectivity index (χ4v) is 10.8. The molecule has 0 aliphatic rings. The van der Waals surface area contributed by atoms with Gasteiger partial charge in [0.15, 0.2) is 12.2 Å². The molecule has 17 nitrogen and oxygen atoms in total. The van der Waals surface area contributed by atoms with Crippen molar-refractivity contribution in [1.82, 2.24) is 0 Å². The van der Waals surface area contributed by atoms with E-state index >= 15 is 0 Å². The minimum Gasteiger partial charge on any atom is -0.462 e. The first-order valence-electron chi connectivity index (χ1n) is 32.6. The summed E-state index contributed by atoms with van der Waals surface area (Å²) in [7, 11) is -9.87. The zero-order valence-electron chi connectivity index (χ0n) is 51.9. The molecular weight excluding hydrogens is 1080 g/mol. The number of hydrogen-bond acceptors (Lipinski definition) is 15. The number of carbonyl (C=O) groups is 4. The summed E-state index contributed by atoms with van der Waals surface area (Å²) in [6, 6.07) is 0. The summed E-state index contributed by atoms with van der Waals surface area (Å²) >= 11 is 0. The summed E-state index contributed by atoms with van der Waals surface area (Å²) in [4.78, 5) is 71.9. The van der Waals surface area contributed by atoms with E-state index in [0.717, 1.165) is 115 Å². The summed E-state index contributed by atoms with van der Waals surface area (Å²) in [5.74, 6) is -1.42. The Labute approximate surface area is 492 Å². The largest absolute Gasteiger partial charge is 0.472 e. The number of phosphoric ester groups is 2. The highest BCUT2D eigenvalue weighted by molar-refractivity contribution is 7.47. The lowest BCUT2D eigenvalue weighted by Crippen LogP contribution is -2.30. The molecule has 0 saturated carbocycles. The topological polar surface area (TPSA) is 237 Å². The summed E-state index contributed by atoms with van der Waals surface area (Å²) in [5.41, 5.74) is 0. The predicted octanol–water partition coefficient (Wildman–Crippen LogP) is 17.0. The lowest BCUT2D eigenvalue weighted by molar-refractivity contribution is -0.161. The van der Waals surface area contributed by atoms with E-state index < -0.39 is 97.5 Å². The van der Waals surface area contributed by atoms with Gasteiger partial charge in [-0.15, -0.1) is 0 Å². The van der Waals surface area contributed by atoms with Crippen molar-refractivity contribution in [3.05, 3.63) is 0 Å². The van der Waals surface area contributed by atoms with Crippen LogP contribution in [0.15, 0.2) is 0 Å². The SMILES string of the molecule is CCCCCCCCCCCCCCCCCC(=O)O[C@H](COC(=O)CCCCCCCCCCC(C)C)COP(=O)(O)OC[C@@H](O)COP(=O)(O)OC[C@@H](COC(=O)CCCCCCCCC)OC(=O)CCCCCCCCCC. The highest BCUT2D eigenvalue weighted by atomic mass is 31.2. The van der Waals surface area contributed by atoms with Crippen LogP contribution >= 0.6 is 15.6 Å². The van der Waals surface area contributed by atoms with E-state index in [1.54, 1.807) is 0 Å². The molecule has 0 aliphatic heterocycles. The van der Waals surface area contributed by atoms with Gasteiger partial charge in [-0.2, -0.15) is 0 Å². The molecular formula is C62H120O17P2. The maximum absolute atomic E-state index is 13.0. The van der Waals surface area contributed by atoms with Crippen LogP contribution in [0, 0.1) is 5.92 Å². The minimum absolute atomic E-state index is 0.104. The molecule has 0 aromatic heterocycles. The Morgan fingerprint density at radius 2 is 0.568 bits per heavy atom. The van der Waals surface area contributed by atoms with Crippen molar-refractivity contribution in [2.45, 2.75) is 329 Å². The number of aliphatic hydroxyl groups excluding tert-OH is 1. The summed E-state index contributed by atoms with van der Waals surface area (Å²) in [6.07, 6.45) is 39.1. The second-order valence-corrected chi connectivity index (χ2v) is 25.8. The Morgan fingerprint density at radius 3 is 0.840 bits per heavy atom.